The lowest BCUT2D eigenvalue weighted by molar-refractivity contribution is 0.0227. The molecule has 26 heavy (non-hydrogen) atoms. The Bertz CT molecular complexity index is 829. The molecule has 1 heterocycles. The third kappa shape index (κ3) is 3.29. The fourth-order valence-corrected chi connectivity index (χ4v) is 3.38. The predicted molar refractivity (Wildman–Crippen MR) is 98.3 cm³/mol. The second-order valence-corrected chi connectivity index (χ2v) is 6.94. The lowest BCUT2D eigenvalue weighted by Crippen LogP contribution is -2.08. The topological polar surface area (TPSA) is 87.3 Å². The Kier molecular flexibility index (Phi) is 4.59. The van der Waals surface area contributed by atoms with Gasteiger partial charge in [-0.2, -0.15) is 0 Å². The van der Waals surface area contributed by atoms with E-state index in [2.05, 4.69) is 10.2 Å². The maximum Gasteiger partial charge on any atom is 0.189 e. The number of rotatable bonds is 8. The number of nitrogens with two attached hydrogens (primary N) is 1. The molecule has 136 valence electrons. The third-order valence-electron chi connectivity index (χ3n) is 4.95. The molecule has 0 amide bonds. The number of benzene rings is 1. The molecule has 2 saturated carbocycles. The Balaban J connectivity index is 1.82. The standard InChI is InChI=1S/C20H23N3O3/c1-2-25-11-26-16-9-12(10-24)3-8-15(16)19-17(13-4-5-13)18(14-6-7-14)20(21)23-22-19/h3,8-10,13-14H,2,4-7,11H2,1H3,(H2,21,23). The smallest absolute Gasteiger partial charge is 0.189 e. The van der Waals surface area contributed by atoms with E-state index in [1.807, 2.05) is 13.0 Å². The highest BCUT2D eigenvalue weighted by Gasteiger charge is 2.38. The molecule has 0 unspecified atom stereocenters. The van der Waals surface area contributed by atoms with Crippen molar-refractivity contribution in [3.8, 4) is 17.0 Å². The molecule has 2 N–H and O–H groups in total. The van der Waals surface area contributed by atoms with Gasteiger partial charge in [-0.25, -0.2) is 0 Å². The molecular weight excluding hydrogens is 330 g/mol. The number of aromatic nitrogens is 2. The zero-order valence-electron chi connectivity index (χ0n) is 14.9. The number of hydrogen-bond acceptors (Lipinski definition) is 6. The van der Waals surface area contributed by atoms with Gasteiger partial charge in [-0.15, -0.1) is 10.2 Å². The van der Waals surface area contributed by atoms with Gasteiger partial charge < -0.3 is 15.2 Å². The van der Waals surface area contributed by atoms with E-state index in [0.29, 0.717) is 35.6 Å². The Hall–Kier alpha value is -2.47. The Labute approximate surface area is 152 Å². The molecule has 0 aliphatic heterocycles. The predicted octanol–water partition coefficient (Wildman–Crippen LogP) is 3.67. The summed E-state index contributed by atoms with van der Waals surface area (Å²) in [6.45, 7) is 2.59. The second kappa shape index (κ2) is 7.03. The van der Waals surface area contributed by atoms with Crippen LogP contribution in [0, 0.1) is 0 Å². The lowest BCUT2D eigenvalue weighted by Gasteiger charge is -2.17. The van der Waals surface area contributed by atoms with E-state index in [9.17, 15) is 4.79 Å². The molecule has 0 radical (unpaired) electrons. The van der Waals surface area contributed by atoms with Crippen LogP contribution >= 0.6 is 0 Å². The van der Waals surface area contributed by atoms with Crippen molar-refractivity contribution in [2.75, 3.05) is 19.1 Å². The Morgan fingerprint density at radius 2 is 1.88 bits per heavy atom. The zero-order chi connectivity index (χ0) is 18.1. The number of carbonyl (C=O) groups is 1. The van der Waals surface area contributed by atoms with Crippen LogP contribution in [0.2, 0.25) is 0 Å². The maximum absolute atomic E-state index is 11.2. The summed E-state index contributed by atoms with van der Waals surface area (Å²) in [5, 5.41) is 8.68. The van der Waals surface area contributed by atoms with Crippen molar-refractivity contribution in [2.45, 2.75) is 44.4 Å². The van der Waals surface area contributed by atoms with Crippen LogP contribution in [0.3, 0.4) is 0 Å². The molecule has 0 spiro atoms. The van der Waals surface area contributed by atoms with Crippen LogP contribution in [-0.2, 0) is 4.74 Å². The van der Waals surface area contributed by atoms with Crippen LogP contribution in [0.25, 0.3) is 11.3 Å². The van der Waals surface area contributed by atoms with Crippen molar-refractivity contribution in [1.29, 1.82) is 0 Å². The van der Waals surface area contributed by atoms with Crippen molar-refractivity contribution in [2.24, 2.45) is 0 Å². The van der Waals surface area contributed by atoms with Crippen molar-refractivity contribution >= 4 is 12.1 Å². The highest BCUT2D eigenvalue weighted by atomic mass is 16.7. The van der Waals surface area contributed by atoms with Gasteiger partial charge in [0.15, 0.2) is 6.79 Å². The first-order valence-corrected chi connectivity index (χ1v) is 9.19. The van der Waals surface area contributed by atoms with E-state index < -0.39 is 0 Å². The van der Waals surface area contributed by atoms with Gasteiger partial charge in [0.05, 0.1) is 0 Å². The number of hydrogen-bond donors (Lipinski definition) is 1. The van der Waals surface area contributed by atoms with E-state index in [0.717, 1.165) is 43.2 Å². The third-order valence-corrected chi connectivity index (χ3v) is 4.95. The molecule has 0 saturated heterocycles. The van der Waals surface area contributed by atoms with Gasteiger partial charge in [0.2, 0.25) is 0 Å². The summed E-state index contributed by atoms with van der Waals surface area (Å²) in [6.07, 6.45) is 5.43. The largest absolute Gasteiger partial charge is 0.467 e. The van der Waals surface area contributed by atoms with Crippen molar-refractivity contribution in [1.82, 2.24) is 10.2 Å². The summed E-state index contributed by atoms with van der Waals surface area (Å²) in [5.41, 5.74) is 10.8. The minimum Gasteiger partial charge on any atom is -0.467 e. The molecule has 6 nitrogen and oxygen atoms in total. The molecule has 0 atom stereocenters. The van der Waals surface area contributed by atoms with Gasteiger partial charge in [0, 0.05) is 23.3 Å². The monoisotopic (exact) mass is 353 g/mol. The minimum atomic E-state index is 0.127. The van der Waals surface area contributed by atoms with Crippen LogP contribution in [0.5, 0.6) is 5.75 Å². The molecule has 4 rings (SSSR count). The zero-order valence-corrected chi connectivity index (χ0v) is 14.9. The van der Waals surface area contributed by atoms with Crippen LogP contribution in [-0.4, -0.2) is 29.9 Å². The van der Waals surface area contributed by atoms with Crippen molar-refractivity contribution in [3.05, 3.63) is 34.9 Å². The first-order valence-electron chi connectivity index (χ1n) is 9.19. The second-order valence-electron chi connectivity index (χ2n) is 6.94. The molecule has 2 aromatic rings. The van der Waals surface area contributed by atoms with Crippen LogP contribution in [0.1, 0.15) is 65.9 Å². The van der Waals surface area contributed by atoms with E-state index in [1.54, 1.807) is 12.1 Å². The van der Waals surface area contributed by atoms with Crippen molar-refractivity contribution < 1.29 is 14.3 Å². The molecule has 1 aromatic carbocycles. The van der Waals surface area contributed by atoms with Crippen LogP contribution in [0.15, 0.2) is 18.2 Å². The van der Waals surface area contributed by atoms with Gasteiger partial charge in [-0.1, -0.05) is 6.07 Å². The van der Waals surface area contributed by atoms with Gasteiger partial charge in [0.25, 0.3) is 0 Å². The summed E-state index contributed by atoms with van der Waals surface area (Å²) in [4.78, 5) is 11.2. The normalized spacial score (nSPS) is 16.5. The highest BCUT2D eigenvalue weighted by Crippen LogP contribution is 2.53. The fraction of sp³-hybridized carbons (Fsp3) is 0.450. The van der Waals surface area contributed by atoms with Crippen LogP contribution in [0.4, 0.5) is 5.82 Å². The minimum absolute atomic E-state index is 0.127. The SMILES string of the molecule is CCOCOc1cc(C=O)ccc1-c1nnc(N)c(C2CC2)c1C1CC1. The molecule has 2 aliphatic carbocycles. The Morgan fingerprint density at radius 3 is 2.54 bits per heavy atom. The quantitative estimate of drug-likeness (QED) is 0.443. The lowest BCUT2D eigenvalue weighted by atomic mass is 9.94. The van der Waals surface area contributed by atoms with Crippen molar-refractivity contribution in [3.63, 3.8) is 0 Å². The first kappa shape index (κ1) is 17.0. The van der Waals surface area contributed by atoms with Gasteiger partial charge >= 0.3 is 0 Å². The van der Waals surface area contributed by atoms with Gasteiger partial charge in [-0.3, -0.25) is 4.79 Å². The molecular formula is C20H23N3O3. The molecule has 2 aliphatic rings. The average molecular weight is 353 g/mol. The highest BCUT2D eigenvalue weighted by molar-refractivity contribution is 5.81. The number of aldehydes is 1. The molecule has 0 bridgehead atoms. The summed E-state index contributed by atoms with van der Waals surface area (Å²) >= 11 is 0. The summed E-state index contributed by atoms with van der Waals surface area (Å²) < 4.78 is 11.1. The number of carbonyl (C=O) groups excluding carboxylic acids is 1. The van der Waals surface area contributed by atoms with Crippen LogP contribution < -0.4 is 10.5 Å². The molecule has 6 heteroatoms. The van der Waals surface area contributed by atoms with E-state index >= 15 is 0 Å². The molecule has 2 fully saturated rings. The summed E-state index contributed by atoms with van der Waals surface area (Å²) in [5.74, 6) is 2.14. The Morgan fingerprint density at radius 1 is 1.15 bits per heavy atom. The molecule has 1 aromatic heterocycles. The van der Waals surface area contributed by atoms with Gasteiger partial charge in [-0.05, 0) is 62.1 Å². The van der Waals surface area contributed by atoms with E-state index in [-0.39, 0.29) is 6.79 Å². The number of ether oxygens (including phenoxy) is 2. The summed E-state index contributed by atoms with van der Waals surface area (Å²) in [7, 11) is 0. The van der Waals surface area contributed by atoms with Gasteiger partial charge in [0.1, 0.15) is 23.5 Å². The summed E-state index contributed by atoms with van der Waals surface area (Å²) in [6, 6.07) is 5.39. The maximum atomic E-state index is 11.2. The number of nitrogens with zero attached hydrogens (tertiary/aromatic N) is 2. The van der Waals surface area contributed by atoms with E-state index in [4.69, 9.17) is 15.2 Å². The number of anilines is 1. The first-order chi connectivity index (χ1) is 12.7. The number of nitrogen functional groups attached to an aromatic ring is 1. The van der Waals surface area contributed by atoms with E-state index in [1.165, 1.54) is 11.1 Å². The average Bonchev–Trinajstić information content (AvgIpc) is 3.55. The fourth-order valence-electron chi connectivity index (χ4n) is 3.38.